The van der Waals surface area contributed by atoms with Crippen LogP contribution in [0.15, 0.2) is 30.5 Å². The van der Waals surface area contributed by atoms with Crippen molar-refractivity contribution in [3.05, 3.63) is 36.0 Å². The Morgan fingerprint density at radius 2 is 2.14 bits per heavy atom. The molecule has 1 fully saturated rings. The summed E-state index contributed by atoms with van der Waals surface area (Å²) in [4.78, 5) is 18.0. The van der Waals surface area contributed by atoms with E-state index in [1.165, 1.54) is 12.8 Å². The molecule has 112 valence electrons. The van der Waals surface area contributed by atoms with Gasteiger partial charge in [0.05, 0.1) is 0 Å². The van der Waals surface area contributed by atoms with E-state index in [9.17, 15) is 4.79 Å². The SMILES string of the molecule is CCN1CCC(CNC(=O)c2cccc3[nH]ccc23)CC1. The lowest BCUT2D eigenvalue weighted by Crippen LogP contribution is -2.38. The van der Waals surface area contributed by atoms with E-state index in [0.717, 1.165) is 42.6 Å². The normalized spacial score (nSPS) is 17.2. The first-order valence-corrected chi connectivity index (χ1v) is 7.84. The fraction of sp³-hybridized carbons (Fsp3) is 0.471. The lowest BCUT2D eigenvalue weighted by atomic mass is 9.96. The Hall–Kier alpha value is -1.81. The Kier molecular flexibility index (Phi) is 4.25. The molecule has 4 heteroatoms. The summed E-state index contributed by atoms with van der Waals surface area (Å²) in [7, 11) is 0. The zero-order valence-electron chi connectivity index (χ0n) is 12.6. The first-order chi connectivity index (χ1) is 10.3. The zero-order valence-corrected chi connectivity index (χ0v) is 12.6. The fourth-order valence-corrected chi connectivity index (χ4v) is 3.12. The van der Waals surface area contributed by atoms with Crippen molar-refractivity contribution >= 4 is 16.8 Å². The summed E-state index contributed by atoms with van der Waals surface area (Å²) in [5.41, 5.74) is 1.78. The summed E-state index contributed by atoms with van der Waals surface area (Å²) < 4.78 is 0. The molecule has 1 aromatic carbocycles. The summed E-state index contributed by atoms with van der Waals surface area (Å²) in [5, 5.41) is 4.11. The number of amides is 1. The number of aromatic nitrogens is 1. The van der Waals surface area contributed by atoms with Crippen molar-refractivity contribution in [3.63, 3.8) is 0 Å². The molecule has 0 saturated carbocycles. The molecule has 0 spiro atoms. The van der Waals surface area contributed by atoms with E-state index in [2.05, 4.69) is 22.1 Å². The largest absolute Gasteiger partial charge is 0.361 e. The number of benzene rings is 1. The molecule has 3 rings (SSSR count). The van der Waals surface area contributed by atoms with Gasteiger partial charge < -0.3 is 15.2 Å². The minimum absolute atomic E-state index is 0.0399. The highest BCUT2D eigenvalue weighted by Gasteiger charge is 2.19. The Morgan fingerprint density at radius 3 is 2.90 bits per heavy atom. The monoisotopic (exact) mass is 285 g/mol. The zero-order chi connectivity index (χ0) is 14.7. The van der Waals surface area contributed by atoms with E-state index in [1.807, 2.05) is 30.5 Å². The quantitative estimate of drug-likeness (QED) is 0.907. The predicted molar refractivity (Wildman–Crippen MR) is 85.5 cm³/mol. The lowest BCUT2D eigenvalue weighted by molar-refractivity contribution is 0.0938. The number of nitrogens with zero attached hydrogens (tertiary/aromatic N) is 1. The number of hydrogen-bond acceptors (Lipinski definition) is 2. The summed E-state index contributed by atoms with van der Waals surface area (Å²) in [6.07, 6.45) is 4.24. The molecular weight excluding hydrogens is 262 g/mol. The van der Waals surface area contributed by atoms with Crippen LogP contribution >= 0.6 is 0 Å². The molecule has 0 aliphatic carbocycles. The molecule has 0 unspecified atom stereocenters. The number of H-pyrrole nitrogens is 1. The van der Waals surface area contributed by atoms with Crippen LogP contribution in [0.25, 0.3) is 10.9 Å². The van der Waals surface area contributed by atoms with Crippen molar-refractivity contribution in [3.8, 4) is 0 Å². The molecular formula is C17H23N3O. The van der Waals surface area contributed by atoms with E-state index in [4.69, 9.17) is 0 Å². The third kappa shape index (κ3) is 3.10. The Bertz CT molecular complexity index is 611. The van der Waals surface area contributed by atoms with Crippen LogP contribution in [0, 0.1) is 5.92 Å². The van der Waals surface area contributed by atoms with Gasteiger partial charge in [0.1, 0.15) is 0 Å². The third-order valence-corrected chi connectivity index (χ3v) is 4.55. The van der Waals surface area contributed by atoms with Gasteiger partial charge in [-0.05, 0) is 56.6 Å². The van der Waals surface area contributed by atoms with Gasteiger partial charge in [0, 0.05) is 29.2 Å². The first-order valence-electron chi connectivity index (χ1n) is 7.84. The highest BCUT2D eigenvalue weighted by molar-refractivity contribution is 6.06. The molecule has 1 aliphatic heterocycles. The van der Waals surface area contributed by atoms with Crippen LogP contribution in [-0.4, -0.2) is 42.0 Å². The maximum Gasteiger partial charge on any atom is 0.251 e. The molecule has 0 atom stereocenters. The van der Waals surface area contributed by atoms with Crippen molar-refractivity contribution in [2.75, 3.05) is 26.2 Å². The van der Waals surface area contributed by atoms with Crippen LogP contribution in [0.3, 0.4) is 0 Å². The molecule has 1 saturated heterocycles. The molecule has 2 heterocycles. The van der Waals surface area contributed by atoms with E-state index >= 15 is 0 Å². The van der Waals surface area contributed by atoms with E-state index in [1.54, 1.807) is 0 Å². The summed E-state index contributed by atoms with van der Waals surface area (Å²) in [5.74, 6) is 0.653. The van der Waals surface area contributed by atoms with Crippen molar-refractivity contribution in [2.24, 2.45) is 5.92 Å². The standard InChI is InChI=1S/C17H23N3O/c1-2-20-10-7-13(8-11-20)12-19-17(21)15-4-3-5-16-14(15)6-9-18-16/h3-6,9,13,18H,2,7-8,10-12H2,1H3,(H,19,21). The minimum Gasteiger partial charge on any atom is -0.361 e. The highest BCUT2D eigenvalue weighted by atomic mass is 16.1. The number of carbonyl (C=O) groups excluding carboxylic acids is 1. The van der Waals surface area contributed by atoms with Crippen LogP contribution in [0.2, 0.25) is 0 Å². The number of piperidine rings is 1. The molecule has 2 aromatic rings. The maximum absolute atomic E-state index is 12.4. The van der Waals surface area contributed by atoms with Gasteiger partial charge in [-0.2, -0.15) is 0 Å². The van der Waals surface area contributed by atoms with Crippen molar-refractivity contribution < 1.29 is 4.79 Å². The third-order valence-electron chi connectivity index (χ3n) is 4.55. The fourth-order valence-electron chi connectivity index (χ4n) is 3.12. The summed E-state index contributed by atoms with van der Waals surface area (Å²) in [6, 6.07) is 7.77. The van der Waals surface area contributed by atoms with Gasteiger partial charge in [-0.1, -0.05) is 13.0 Å². The molecule has 4 nitrogen and oxygen atoms in total. The van der Waals surface area contributed by atoms with Gasteiger partial charge in [-0.15, -0.1) is 0 Å². The molecule has 1 aromatic heterocycles. The average molecular weight is 285 g/mol. The first kappa shape index (κ1) is 14.1. The van der Waals surface area contributed by atoms with Crippen LogP contribution in [0.1, 0.15) is 30.1 Å². The molecule has 0 radical (unpaired) electrons. The van der Waals surface area contributed by atoms with Gasteiger partial charge in [-0.25, -0.2) is 0 Å². The van der Waals surface area contributed by atoms with E-state index in [0.29, 0.717) is 5.92 Å². The smallest absolute Gasteiger partial charge is 0.251 e. The van der Waals surface area contributed by atoms with Gasteiger partial charge in [0.25, 0.3) is 5.91 Å². The number of rotatable bonds is 4. The van der Waals surface area contributed by atoms with Crippen LogP contribution in [0.4, 0.5) is 0 Å². The number of hydrogen-bond donors (Lipinski definition) is 2. The van der Waals surface area contributed by atoms with Crippen molar-refractivity contribution in [1.82, 2.24) is 15.2 Å². The van der Waals surface area contributed by atoms with Crippen molar-refractivity contribution in [2.45, 2.75) is 19.8 Å². The minimum atomic E-state index is 0.0399. The molecule has 2 N–H and O–H groups in total. The second kappa shape index (κ2) is 6.31. The summed E-state index contributed by atoms with van der Waals surface area (Å²) >= 11 is 0. The van der Waals surface area contributed by atoms with Crippen LogP contribution < -0.4 is 5.32 Å². The number of carbonyl (C=O) groups is 1. The van der Waals surface area contributed by atoms with E-state index in [-0.39, 0.29) is 5.91 Å². The predicted octanol–water partition coefficient (Wildman–Crippen LogP) is 2.63. The number of aromatic amines is 1. The van der Waals surface area contributed by atoms with Gasteiger partial charge in [0.15, 0.2) is 0 Å². The van der Waals surface area contributed by atoms with Gasteiger partial charge in [-0.3, -0.25) is 4.79 Å². The molecule has 0 bridgehead atoms. The van der Waals surface area contributed by atoms with Gasteiger partial charge >= 0.3 is 0 Å². The second-order valence-corrected chi connectivity index (χ2v) is 5.83. The topological polar surface area (TPSA) is 48.1 Å². The second-order valence-electron chi connectivity index (χ2n) is 5.83. The number of fused-ring (bicyclic) bond motifs is 1. The summed E-state index contributed by atoms with van der Waals surface area (Å²) in [6.45, 7) is 6.44. The average Bonchev–Trinajstić information content (AvgIpc) is 3.01. The van der Waals surface area contributed by atoms with Crippen LogP contribution in [0.5, 0.6) is 0 Å². The van der Waals surface area contributed by atoms with Crippen molar-refractivity contribution in [1.29, 1.82) is 0 Å². The highest BCUT2D eigenvalue weighted by Crippen LogP contribution is 2.19. The Balaban J connectivity index is 1.58. The Morgan fingerprint density at radius 1 is 1.33 bits per heavy atom. The van der Waals surface area contributed by atoms with E-state index < -0.39 is 0 Å². The maximum atomic E-state index is 12.4. The number of nitrogens with one attached hydrogen (secondary N) is 2. The Labute approximate surface area is 125 Å². The molecule has 1 aliphatic rings. The number of likely N-dealkylation sites (tertiary alicyclic amines) is 1. The van der Waals surface area contributed by atoms with Gasteiger partial charge in [0.2, 0.25) is 0 Å². The lowest BCUT2D eigenvalue weighted by Gasteiger charge is -2.31. The molecule has 21 heavy (non-hydrogen) atoms. The molecule has 1 amide bonds. The van der Waals surface area contributed by atoms with Crippen LogP contribution in [-0.2, 0) is 0 Å².